The van der Waals surface area contributed by atoms with E-state index in [0.717, 1.165) is 17.2 Å². The first-order valence-electron chi connectivity index (χ1n) is 8.43. The molecule has 1 heterocycles. The Hall–Kier alpha value is -1.95. The number of nitro benzene ring substituents is 1. The Morgan fingerprint density at radius 1 is 1.26 bits per heavy atom. The van der Waals surface area contributed by atoms with Gasteiger partial charge in [-0.25, -0.2) is 9.98 Å². The molecule has 3 N–H and O–H groups in total. The molecule has 8 nitrogen and oxygen atoms in total. The molecular weight excluding hydrogens is 479 g/mol. The minimum absolute atomic E-state index is 0. The predicted octanol–water partition coefficient (Wildman–Crippen LogP) is 3.45. The van der Waals surface area contributed by atoms with Gasteiger partial charge in [-0.2, -0.15) is 0 Å². The second kappa shape index (κ2) is 11.7. The van der Waals surface area contributed by atoms with Crippen LogP contribution in [0.1, 0.15) is 22.5 Å². The second-order valence-electron chi connectivity index (χ2n) is 5.57. The summed E-state index contributed by atoms with van der Waals surface area (Å²) in [5.41, 5.74) is 1.63. The zero-order valence-electron chi connectivity index (χ0n) is 15.6. The average Bonchev–Trinajstić information content (AvgIpc) is 2.94. The number of aromatic nitrogens is 1. The Morgan fingerprint density at radius 3 is 2.63 bits per heavy atom. The molecule has 0 amide bonds. The van der Waals surface area contributed by atoms with Crippen molar-refractivity contribution in [2.24, 2.45) is 4.99 Å². The number of hydrogen-bond donors (Lipinski definition) is 3. The number of anilines is 1. The van der Waals surface area contributed by atoms with Crippen LogP contribution in [0.25, 0.3) is 0 Å². The summed E-state index contributed by atoms with van der Waals surface area (Å²) in [4.78, 5) is 20.8. The number of nitrogens with zero attached hydrogens (tertiary/aromatic N) is 3. The molecule has 0 aliphatic carbocycles. The lowest BCUT2D eigenvalue weighted by Crippen LogP contribution is -2.39. The normalized spacial score (nSPS) is 10.9. The molecule has 0 saturated heterocycles. The molecular formula is C17H25IN6O2S. The molecule has 0 aliphatic heterocycles. The van der Waals surface area contributed by atoms with Gasteiger partial charge < -0.3 is 16.0 Å². The summed E-state index contributed by atoms with van der Waals surface area (Å²) in [7, 11) is 0. The molecule has 10 heteroatoms. The molecule has 27 heavy (non-hydrogen) atoms. The predicted molar refractivity (Wildman–Crippen MR) is 121 cm³/mol. The summed E-state index contributed by atoms with van der Waals surface area (Å²) in [6, 6.07) is 6.61. The van der Waals surface area contributed by atoms with Gasteiger partial charge in [-0.3, -0.25) is 10.1 Å². The maximum atomic E-state index is 11.0. The number of hydrogen-bond acceptors (Lipinski definition) is 6. The fourth-order valence-corrected chi connectivity index (χ4v) is 3.11. The van der Waals surface area contributed by atoms with E-state index in [2.05, 4.69) is 32.9 Å². The quantitative estimate of drug-likeness (QED) is 0.127. The van der Waals surface area contributed by atoms with Gasteiger partial charge in [-0.1, -0.05) is 12.1 Å². The van der Waals surface area contributed by atoms with Crippen LogP contribution in [0.2, 0.25) is 0 Å². The van der Waals surface area contributed by atoms with Gasteiger partial charge in [0.1, 0.15) is 10.7 Å². The first-order chi connectivity index (χ1) is 12.5. The van der Waals surface area contributed by atoms with Crippen molar-refractivity contribution in [2.75, 3.05) is 25.0 Å². The van der Waals surface area contributed by atoms with E-state index >= 15 is 0 Å². The van der Waals surface area contributed by atoms with Crippen LogP contribution < -0.4 is 16.0 Å². The number of rotatable bonds is 8. The van der Waals surface area contributed by atoms with Crippen molar-refractivity contribution in [3.05, 3.63) is 50.0 Å². The van der Waals surface area contributed by atoms with Crippen molar-refractivity contribution in [1.29, 1.82) is 0 Å². The Kier molecular flexibility index (Phi) is 10.0. The van der Waals surface area contributed by atoms with Gasteiger partial charge >= 0.3 is 0 Å². The lowest BCUT2D eigenvalue weighted by molar-refractivity contribution is -0.384. The van der Waals surface area contributed by atoms with E-state index in [0.29, 0.717) is 31.3 Å². The first-order valence-corrected chi connectivity index (χ1v) is 9.25. The van der Waals surface area contributed by atoms with Gasteiger partial charge in [0.25, 0.3) is 5.69 Å². The lowest BCUT2D eigenvalue weighted by Gasteiger charge is -2.12. The van der Waals surface area contributed by atoms with Crippen molar-refractivity contribution >= 4 is 52.6 Å². The number of nitro groups is 1. The fourth-order valence-electron chi connectivity index (χ4n) is 2.26. The molecule has 2 rings (SSSR count). The minimum atomic E-state index is -0.390. The molecule has 0 spiro atoms. The van der Waals surface area contributed by atoms with E-state index < -0.39 is 0 Å². The van der Waals surface area contributed by atoms with Gasteiger partial charge in [0, 0.05) is 30.6 Å². The average molecular weight is 504 g/mol. The molecule has 0 saturated carbocycles. The molecule has 0 bridgehead atoms. The number of para-hydroxylation sites is 2. The van der Waals surface area contributed by atoms with Crippen molar-refractivity contribution in [3.63, 3.8) is 0 Å². The van der Waals surface area contributed by atoms with E-state index in [1.54, 1.807) is 29.5 Å². The van der Waals surface area contributed by atoms with Crippen LogP contribution in [0.15, 0.2) is 29.3 Å². The highest BCUT2D eigenvalue weighted by molar-refractivity contribution is 14.0. The largest absolute Gasteiger partial charge is 0.378 e. The Labute approximate surface area is 180 Å². The molecule has 1 aromatic heterocycles. The van der Waals surface area contributed by atoms with E-state index in [4.69, 9.17) is 0 Å². The van der Waals surface area contributed by atoms with E-state index in [9.17, 15) is 10.1 Å². The summed E-state index contributed by atoms with van der Waals surface area (Å²) in [6.45, 7) is 8.43. The van der Waals surface area contributed by atoms with Crippen LogP contribution in [0.5, 0.6) is 0 Å². The van der Waals surface area contributed by atoms with Crippen LogP contribution in [0.4, 0.5) is 11.4 Å². The Bertz CT molecular complexity index is 761. The van der Waals surface area contributed by atoms with E-state index in [-0.39, 0.29) is 34.6 Å². The van der Waals surface area contributed by atoms with Gasteiger partial charge in [0.15, 0.2) is 5.96 Å². The molecule has 0 aliphatic rings. The van der Waals surface area contributed by atoms with Crippen molar-refractivity contribution in [2.45, 2.75) is 27.3 Å². The number of halogens is 1. The highest BCUT2D eigenvalue weighted by Crippen LogP contribution is 2.22. The van der Waals surface area contributed by atoms with Crippen LogP contribution in [0, 0.1) is 24.0 Å². The summed E-state index contributed by atoms with van der Waals surface area (Å²) >= 11 is 1.65. The smallest absolute Gasteiger partial charge is 0.292 e. The number of benzene rings is 1. The molecule has 0 unspecified atom stereocenters. The van der Waals surface area contributed by atoms with Crippen LogP contribution in [-0.4, -0.2) is 35.5 Å². The molecule has 148 valence electrons. The minimum Gasteiger partial charge on any atom is -0.378 e. The van der Waals surface area contributed by atoms with Crippen LogP contribution >= 0.6 is 35.3 Å². The van der Waals surface area contributed by atoms with Gasteiger partial charge in [0.2, 0.25) is 0 Å². The summed E-state index contributed by atoms with van der Waals surface area (Å²) in [5.74, 6) is 0.697. The number of aliphatic imine (C=N–C) groups is 1. The Morgan fingerprint density at radius 2 is 2.00 bits per heavy atom. The number of guanidine groups is 1. The third kappa shape index (κ3) is 7.29. The standard InChI is InChI=1S/C17H24N6O2S.HI/c1-4-18-17(21-11-16-22-12(2)13(3)26-16)20-10-9-19-14-7-5-6-8-15(14)23(24)25;/h5-8,19H,4,9-11H2,1-3H3,(H2,18,20,21);1H. The zero-order chi connectivity index (χ0) is 18.9. The first kappa shape index (κ1) is 23.1. The zero-order valence-corrected chi connectivity index (χ0v) is 18.8. The van der Waals surface area contributed by atoms with Crippen molar-refractivity contribution in [1.82, 2.24) is 15.6 Å². The van der Waals surface area contributed by atoms with Crippen LogP contribution in [-0.2, 0) is 6.54 Å². The van der Waals surface area contributed by atoms with E-state index in [1.165, 1.54) is 10.9 Å². The third-order valence-electron chi connectivity index (χ3n) is 3.62. The van der Waals surface area contributed by atoms with Gasteiger partial charge in [0.05, 0.1) is 17.2 Å². The summed E-state index contributed by atoms with van der Waals surface area (Å²) in [5, 5.41) is 21.5. The highest BCUT2D eigenvalue weighted by Gasteiger charge is 2.11. The van der Waals surface area contributed by atoms with Gasteiger partial charge in [-0.15, -0.1) is 35.3 Å². The molecule has 1 aromatic carbocycles. The molecule has 0 fully saturated rings. The lowest BCUT2D eigenvalue weighted by atomic mass is 10.2. The van der Waals surface area contributed by atoms with Crippen molar-refractivity contribution in [3.8, 4) is 0 Å². The third-order valence-corrected chi connectivity index (χ3v) is 4.68. The number of aryl methyl sites for hydroxylation is 2. The molecule has 0 atom stereocenters. The molecule has 2 aromatic rings. The maximum absolute atomic E-state index is 11.0. The maximum Gasteiger partial charge on any atom is 0.292 e. The highest BCUT2D eigenvalue weighted by atomic mass is 127. The number of thiazole rings is 1. The van der Waals surface area contributed by atoms with Crippen molar-refractivity contribution < 1.29 is 4.92 Å². The number of nitrogens with one attached hydrogen (secondary N) is 3. The summed E-state index contributed by atoms with van der Waals surface area (Å²) < 4.78 is 0. The Balaban J connectivity index is 0.00000364. The fraction of sp³-hybridized carbons (Fsp3) is 0.412. The molecule has 0 radical (unpaired) electrons. The van der Waals surface area contributed by atoms with Crippen LogP contribution in [0.3, 0.4) is 0 Å². The van der Waals surface area contributed by atoms with E-state index in [1.807, 2.05) is 13.8 Å². The monoisotopic (exact) mass is 504 g/mol. The summed E-state index contributed by atoms with van der Waals surface area (Å²) in [6.07, 6.45) is 0. The van der Waals surface area contributed by atoms with Gasteiger partial charge in [-0.05, 0) is 26.8 Å². The topological polar surface area (TPSA) is 104 Å². The SMILES string of the molecule is CCNC(=NCc1nc(C)c(C)s1)NCCNc1ccccc1[N+](=O)[O-].I. The second-order valence-corrected chi connectivity index (χ2v) is 6.86.